The predicted octanol–water partition coefficient (Wildman–Crippen LogP) is 3.69. The number of hydrogen-bond donors (Lipinski definition) is 2. The quantitative estimate of drug-likeness (QED) is 0.611. The predicted molar refractivity (Wildman–Crippen MR) is 111 cm³/mol. The molecule has 7 heteroatoms. The second-order valence-electron chi connectivity index (χ2n) is 7.99. The highest BCUT2D eigenvalue weighted by Gasteiger charge is 2.27. The van der Waals surface area contributed by atoms with Gasteiger partial charge in [-0.3, -0.25) is 4.79 Å². The van der Waals surface area contributed by atoms with Gasteiger partial charge < -0.3 is 24.8 Å². The molecule has 1 heterocycles. The average molecular weight is 407 g/mol. The number of piperidine rings is 1. The van der Waals surface area contributed by atoms with E-state index in [9.17, 15) is 14.7 Å². The monoisotopic (exact) mass is 406 g/mol. The Morgan fingerprint density at radius 1 is 1.24 bits per heavy atom. The Kier molecular flexibility index (Phi) is 9.09. The molecule has 2 rings (SSSR count). The minimum atomic E-state index is -0.274. The lowest BCUT2D eigenvalue weighted by Gasteiger charge is -2.30. The van der Waals surface area contributed by atoms with Gasteiger partial charge in [0.1, 0.15) is 0 Å². The summed E-state index contributed by atoms with van der Waals surface area (Å²) >= 11 is 0. The lowest BCUT2D eigenvalue weighted by molar-refractivity contribution is -0.126. The maximum Gasteiger partial charge on any atom is 0.409 e. The molecule has 162 valence electrons. The van der Waals surface area contributed by atoms with Gasteiger partial charge in [-0.1, -0.05) is 26.3 Å². The molecule has 0 atom stereocenters. The summed E-state index contributed by atoms with van der Waals surface area (Å²) in [5.74, 6) is 1.00. The molecule has 0 radical (unpaired) electrons. The molecule has 1 aromatic rings. The molecule has 0 bridgehead atoms. The Morgan fingerprint density at radius 2 is 1.97 bits per heavy atom. The van der Waals surface area contributed by atoms with E-state index in [0.717, 1.165) is 24.8 Å². The Labute approximate surface area is 173 Å². The van der Waals surface area contributed by atoms with E-state index in [0.29, 0.717) is 50.8 Å². The zero-order chi connectivity index (χ0) is 21.2. The van der Waals surface area contributed by atoms with Gasteiger partial charge in [0, 0.05) is 25.6 Å². The SMILES string of the molecule is COc1cc(CNC(=O)C2CCN(C(=O)OCCCCC(C)C)CC2)ccc1O. The number of nitrogens with one attached hydrogen (secondary N) is 1. The van der Waals surface area contributed by atoms with Gasteiger partial charge in [-0.05, 0) is 49.3 Å². The Bertz CT molecular complexity index is 669. The zero-order valence-electron chi connectivity index (χ0n) is 17.8. The summed E-state index contributed by atoms with van der Waals surface area (Å²) in [5.41, 5.74) is 0.853. The fourth-order valence-corrected chi connectivity index (χ4v) is 3.40. The first-order valence-electron chi connectivity index (χ1n) is 10.5. The number of nitrogens with zero attached hydrogens (tertiary/aromatic N) is 1. The third-order valence-corrected chi connectivity index (χ3v) is 5.24. The van der Waals surface area contributed by atoms with Crippen LogP contribution < -0.4 is 10.1 Å². The van der Waals surface area contributed by atoms with Crippen molar-refractivity contribution in [3.05, 3.63) is 23.8 Å². The number of carbonyl (C=O) groups excluding carboxylic acids is 2. The molecule has 0 spiro atoms. The molecule has 1 aliphatic rings. The van der Waals surface area contributed by atoms with Gasteiger partial charge in [-0.2, -0.15) is 0 Å². The number of hydrogen-bond acceptors (Lipinski definition) is 5. The average Bonchev–Trinajstić information content (AvgIpc) is 2.72. The molecular formula is C22H34N2O5. The molecule has 1 aliphatic heterocycles. The summed E-state index contributed by atoms with van der Waals surface area (Å²) in [6, 6.07) is 5.00. The van der Waals surface area contributed by atoms with Gasteiger partial charge in [0.2, 0.25) is 5.91 Å². The van der Waals surface area contributed by atoms with Crippen molar-refractivity contribution in [3.63, 3.8) is 0 Å². The van der Waals surface area contributed by atoms with E-state index in [1.54, 1.807) is 23.1 Å². The highest BCUT2D eigenvalue weighted by molar-refractivity contribution is 5.79. The van der Waals surface area contributed by atoms with E-state index >= 15 is 0 Å². The molecular weight excluding hydrogens is 372 g/mol. The van der Waals surface area contributed by atoms with E-state index in [2.05, 4.69) is 19.2 Å². The summed E-state index contributed by atoms with van der Waals surface area (Å²) in [5, 5.41) is 12.6. The first-order valence-corrected chi connectivity index (χ1v) is 10.5. The second-order valence-corrected chi connectivity index (χ2v) is 7.99. The maximum atomic E-state index is 12.4. The van der Waals surface area contributed by atoms with Crippen LogP contribution in [0.1, 0.15) is 51.5 Å². The van der Waals surface area contributed by atoms with Crippen LogP contribution in [0.5, 0.6) is 11.5 Å². The van der Waals surface area contributed by atoms with Crippen molar-refractivity contribution >= 4 is 12.0 Å². The fourth-order valence-electron chi connectivity index (χ4n) is 3.40. The minimum Gasteiger partial charge on any atom is -0.504 e. The van der Waals surface area contributed by atoms with E-state index < -0.39 is 0 Å². The van der Waals surface area contributed by atoms with Crippen molar-refractivity contribution in [2.24, 2.45) is 11.8 Å². The normalized spacial score (nSPS) is 14.7. The second kappa shape index (κ2) is 11.5. The molecule has 0 unspecified atom stereocenters. The molecule has 0 aliphatic carbocycles. The lowest BCUT2D eigenvalue weighted by atomic mass is 9.96. The van der Waals surface area contributed by atoms with E-state index in [-0.39, 0.29) is 23.7 Å². The van der Waals surface area contributed by atoms with Gasteiger partial charge in [-0.25, -0.2) is 4.79 Å². The lowest BCUT2D eigenvalue weighted by Crippen LogP contribution is -2.43. The first-order chi connectivity index (χ1) is 13.9. The van der Waals surface area contributed by atoms with Crippen LogP contribution in [0.25, 0.3) is 0 Å². The van der Waals surface area contributed by atoms with E-state index in [1.165, 1.54) is 7.11 Å². The number of methoxy groups -OCH3 is 1. The highest BCUT2D eigenvalue weighted by atomic mass is 16.6. The zero-order valence-corrected chi connectivity index (χ0v) is 17.8. The summed E-state index contributed by atoms with van der Waals surface area (Å²) in [6.45, 7) is 6.28. The number of rotatable bonds is 9. The van der Waals surface area contributed by atoms with Gasteiger partial charge >= 0.3 is 6.09 Å². The third kappa shape index (κ3) is 7.48. The standard InChI is InChI=1S/C22H34N2O5/c1-16(2)6-4-5-13-29-22(27)24-11-9-18(10-12-24)21(26)23-15-17-7-8-19(25)20(14-17)28-3/h7-8,14,16,18,25H,4-6,9-13,15H2,1-3H3,(H,23,26). The number of ether oxygens (including phenoxy) is 2. The first kappa shape index (κ1) is 22.8. The minimum absolute atomic E-state index is 0.0151. The Morgan fingerprint density at radius 3 is 2.62 bits per heavy atom. The van der Waals surface area contributed by atoms with Crippen LogP contribution in [0.4, 0.5) is 4.79 Å². The smallest absolute Gasteiger partial charge is 0.409 e. The summed E-state index contributed by atoms with van der Waals surface area (Å²) < 4.78 is 10.4. The van der Waals surface area contributed by atoms with Crippen LogP contribution >= 0.6 is 0 Å². The Balaban J connectivity index is 1.67. The van der Waals surface area contributed by atoms with Crippen molar-refractivity contribution in [1.29, 1.82) is 0 Å². The van der Waals surface area contributed by atoms with Crippen molar-refractivity contribution in [2.75, 3.05) is 26.8 Å². The van der Waals surface area contributed by atoms with Crippen molar-refractivity contribution in [1.82, 2.24) is 10.2 Å². The van der Waals surface area contributed by atoms with Crippen LogP contribution in [0, 0.1) is 11.8 Å². The fraction of sp³-hybridized carbons (Fsp3) is 0.636. The maximum absolute atomic E-state index is 12.4. The topological polar surface area (TPSA) is 88.1 Å². The summed E-state index contributed by atoms with van der Waals surface area (Å²) in [6.07, 6.45) is 4.10. The number of carbonyl (C=O) groups is 2. The molecule has 1 fully saturated rings. The molecule has 7 nitrogen and oxygen atoms in total. The molecule has 0 saturated carbocycles. The molecule has 1 aromatic carbocycles. The molecule has 1 saturated heterocycles. The number of likely N-dealkylation sites (tertiary alicyclic amines) is 1. The molecule has 0 aromatic heterocycles. The van der Waals surface area contributed by atoms with Crippen LogP contribution in [0.2, 0.25) is 0 Å². The van der Waals surface area contributed by atoms with Crippen molar-refractivity contribution in [2.45, 2.75) is 52.5 Å². The summed E-state index contributed by atoms with van der Waals surface area (Å²) in [7, 11) is 1.49. The van der Waals surface area contributed by atoms with E-state index in [1.807, 2.05) is 0 Å². The number of unbranched alkanes of at least 4 members (excludes halogenated alkanes) is 1. The van der Waals surface area contributed by atoms with Crippen LogP contribution in [0.15, 0.2) is 18.2 Å². The van der Waals surface area contributed by atoms with Gasteiger partial charge in [-0.15, -0.1) is 0 Å². The van der Waals surface area contributed by atoms with Crippen LogP contribution in [0.3, 0.4) is 0 Å². The Hall–Kier alpha value is -2.44. The van der Waals surface area contributed by atoms with E-state index in [4.69, 9.17) is 9.47 Å². The highest BCUT2D eigenvalue weighted by Crippen LogP contribution is 2.26. The number of phenolic OH excluding ortho intramolecular Hbond substituents is 1. The van der Waals surface area contributed by atoms with Gasteiger partial charge in [0.15, 0.2) is 11.5 Å². The molecule has 2 N–H and O–H groups in total. The van der Waals surface area contributed by atoms with Crippen LogP contribution in [-0.4, -0.2) is 48.8 Å². The number of aromatic hydroxyl groups is 1. The summed E-state index contributed by atoms with van der Waals surface area (Å²) in [4.78, 5) is 26.3. The van der Waals surface area contributed by atoms with Gasteiger partial charge in [0.05, 0.1) is 13.7 Å². The molecule has 29 heavy (non-hydrogen) atoms. The largest absolute Gasteiger partial charge is 0.504 e. The number of benzene rings is 1. The van der Waals surface area contributed by atoms with Crippen molar-refractivity contribution in [3.8, 4) is 11.5 Å². The number of amides is 2. The van der Waals surface area contributed by atoms with Crippen LogP contribution in [-0.2, 0) is 16.1 Å². The number of phenols is 1. The van der Waals surface area contributed by atoms with Crippen molar-refractivity contribution < 1.29 is 24.2 Å². The third-order valence-electron chi connectivity index (χ3n) is 5.24. The molecule has 2 amide bonds. The van der Waals surface area contributed by atoms with Gasteiger partial charge in [0.25, 0.3) is 0 Å².